The van der Waals surface area contributed by atoms with Crippen molar-refractivity contribution in [3.8, 4) is 6.07 Å². The quantitative estimate of drug-likeness (QED) is 0.841. The van der Waals surface area contributed by atoms with Gasteiger partial charge >= 0.3 is 0 Å². The standard InChI is InChI=1S/C17H18BrN3/c1-12(2)21(11-13-3-6-15(20)7-4-13)16-8-5-14(10-19)17(18)9-16/h3-9,12H,11,20H2,1-2H3. The Morgan fingerprint density at radius 2 is 1.86 bits per heavy atom. The lowest BCUT2D eigenvalue weighted by atomic mass is 10.1. The summed E-state index contributed by atoms with van der Waals surface area (Å²) in [6.45, 7) is 5.11. The van der Waals surface area contributed by atoms with Gasteiger partial charge in [-0.1, -0.05) is 12.1 Å². The van der Waals surface area contributed by atoms with Crippen LogP contribution in [0.5, 0.6) is 0 Å². The first kappa shape index (κ1) is 15.4. The lowest BCUT2D eigenvalue weighted by Crippen LogP contribution is -2.30. The molecule has 0 saturated carbocycles. The van der Waals surface area contributed by atoms with Gasteiger partial charge in [0.25, 0.3) is 0 Å². The van der Waals surface area contributed by atoms with Gasteiger partial charge in [0.05, 0.1) is 5.56 Å². The molecule has 0 aliphatic heterocycles. The largest absolute Gasteiger partial charge is 0.399 e. The van der Waals surface area contributed by atoms with Crippen molar-refractivity contribution < 1.29 is 0 Å². The van der Waals surface area contributed by atoms with Crippen molar-refractivity contribution in [1.82, 2.24) is 0 Å². The maximum atomic E-state index is 9.01. The summed E-state index contributed by atoms with van der Waals surface area (Å²) < 4.78 is 0.824. The van der Waals surface area contributed by atoms with Crippen LogP contribution in [-0.2, 0) is 6.54 Å². The van der Waals surface area contributed by atoms with Crippen molar-refractivity contribution in [3.05, 3.63) is 58.1 Å². The summed E-state index contributed by atoms with van der Waals surface area (Å²) in [5, 5.41) is 9.01. The van der Waals surface area contributed by atoms with Crippen molar-refractivity contribution in [1.29, 1.82) is 5.26 Å². The number of nitrogens with zero attached hydrogens (tertiary/aromatic N) is 2. The lowest BCUT2D eigenvalue weighted by molar-refractivity contribution is 0.682. The van der Waals surface area contributed by atoms with Gasteiger partial charge in [-0.3, -0.25) is 0 Å². The summed E-state index contributed by atoms with van der Waals surface area (Å²) in [6.07, 6.45) is 0. The molecule has 0 fully saturated rings. The fourth-order valence-electron chi connectivity index (χ4n) is 2.17. The van der Waals surface area contributed by atoms with Gasteiger partial charge in [-0.05, 0) is 65.7 Å². The first-order chi connectivity index (χ1) is 10.0. The molecular weight excluding hydrogens is 326 g/mol. The molecule has 21 heavy (non-hydrogen) atoms. The molecule has 0 saturated heterocycles. The number of nitrogen functional groups attached to an aromatic ring is 1. The molecule has 2 aromatic rings. The number of nitriles is 1. The summed E-state index contributed by atoms with van der Waals surface area (Å²) in [5.41, 5.74) is 9.45. The molecule has 108 valence electrons. The zero-order valence-electron chi connectivity index (χ0n) is 12.2. The first-order valence-electron chi connectivity index (χ1n) is 6.82. The molecule has 2 N–H and O–H groups in total. The minimum Gasteiger partial charge on any atom is -0.399 e. The molecule has 2 rings (SSSR count). The van der Waals surface area contributed by atoms with Crippen molar-refractivity contribution in [2.75, 3.05) is 10.6 Å². The summed E-state index contributed by atoms with van der Waals surface area (Å²) in [5.74, 6) is 0. The van der Waals surface area contributed by atoms with Crippen LogP contribution in [0.4, 0.5) is 11.4 Å². The summed E-state index contributed by atoms with van der Waals surface area (Å²) in [4.78, 5) is 2.29. The Bertz CT molecular complexity index is 657. The van der Waals surface area contributed by atoms with Crippen LogP contribution < -0.4 is 10.6 Å². The number of rotatable bonds is 4. The molecule has 3 nitrogen and oxygen atoms in total. The monoisotopic (exact) mass is 343 g/mol. The highest BCUT2D eigenvalue weighted by Crippen LogP contribution is 2.26. The van der Waals surface area contributed by atoms with E-state index in [4.69, 9.17) is 11.0 Å². The van der Waals surface area contributed by atoms with E-state index in [1.165, 1.54) is 5.56 Å². The predicted molar refractivity (Wildman–Crippen MR) is 91.0 cm³/mol. The van der Waals surface area contributed by atoms with Gasteiger partial charge in [0.1, 0.15) is 6.07 Å². The molecule has 0 radical (unpaired) electrons. The second-order valence-electron chi connectivity index (χ2n) is 5.24. The third kappa shape index (κ3) is 3.77. The van der Waals surface area contributed by atoms with E-state index < -0.39 is 0 Å². The highest BCUT2D eigenvalue weighted by Gasteiger charge is 2.13. The van der Waals surface area contributed by atoms with E-state index >= 15 is 0 Å². The zero-order chi connectivity index (χ0) is 15.4. The molecule has 0 aromatic heterocycles. The van der Waals surface area contributed by atoms with Gasteiger partial charge < -0.3 is 10.6 Å². The second kappa shape index (κ2) is 6.64. The Hall–Kier alpha value is -1.99. The number of nitrogens with two attached hydrogens (primary N) is 1. The predicted octanol–water partition coefficient (Wildman–Crippen LogP) is 4.32. The Labute approximate surface area is 134 Å². The van der Waals surface area contributed by atoms with Crippen LogP contribution in [0, 0.1) is 11.3 Å². The molecule has 0 bridgehead atoms. The summed E-state index contributed by atoms with van der Waals surface area (Å²) in [6, 6.07) is 16.3. The molecular formula is C17H18BrN3. The van der Waals surface area contributed by atoms with Gasteiger partial charge in [-0.25, -0.2) is 0 Å². The third-order valence-corrected chi connectivity index (χ3v) is 4.02. The van der Waals surface area contributed by atoms with Gasteiger partial charge in [0, 0.05) is 28.4 Å². The van der Waals surface area contributed by atoms with Crippen LogP contribution in [0.3, 0.4) is 0 Å². The summed E-state index contributed by atoms with van der Waals surface area (Å²) >= 11 is 3.45. The zero-order valence-corrected chi connectivity index (χ0v) is 13.8. The Morgan fingerprint density at radius 3 is 2.38 bits per heavy atom. The van der Waals surface area contributed by atoms with E-state index in [9.17, 15) is 0 Å². The lowest BCUT2D eigenvalue weighted by Gasteiger charge is -2.29. The van der Waals surface area contributed by atoms with Crippen molar-refractivity contribution in [3.63, 3.8) is 0 Å². The van der Waals surface area contributed by atoms with Crippen molar-refractivity contribution >= 4 is 27.3 Å². The van der Waals surface area contributed by atoms with E-state index in [1.54, 1.807) is 0 Å². The third-order valence-electron chi connectivity index (χ3n) is 3.36. The van der Waals surface area contributed by atoms with Crippen LogP contribution in [0.1, 0.15) is 25.0 Å². The highest BCUT2D eigenvalue weighted by atomic mass is 79.9. The molecule has 0 atom stereocenters. The highest BCUT2D eigenvalue weighted by molar-refractivity contribution is 9.10. The number of hydrogen-bond acceptors (Lipinski definition) is 3. The Balaban J connectivity index is 2.29. The average Bonchev–Trinajstić information content (AvgIpc) is 2.46. The SMILES string of the molecule is CC(C)N(Cc1ccc(N)cc1)c1ccc(C#N)c(Br)c1. The topological polar surface area (TPSA) is 53.0 Å². The van der Waals surface area contributed by atoms with Gasteiger partial charge in [0.2, 0.25) is 0 Å². The van der Waals surface area contributed by atoms with E-state index in [2.05, 4.69) is 40.7 Å². The van der Waals surface area contributed by atoms with E-state index in [-0.39, 0.29) is 0 Å². The minimum absolute atomic E-state index is 0.349. The van der Waals surface area contributed by atoms with E-state index in [0.29, 0.717) is 11.6 Å². The molecule has 4 heteroatoms. The summed E-state index contributed by atoms with van der Waals surface area (Å²) in [7, 11) is 0. The Kier molecular flexibility index (Phi) is 4.87. The van der Waals surface area contributed by atoms with Gasteiger partial charge in [-0.15, -0.1) is 0 Å². The number of anilines is 2. The van der Waals surface area contributed by atoms with Crippen LogP contribution in [0.25, 0.3) is 0 Å². The molecule has 0 heterocycles. The maximum absolute atomic E-state index is 9.01. The normalized spacial score (nSPS) is 10.4. The second-order valence-corrected chi connectivity index (χ2v) is 6.09. The number of halogens is 1. The van der Waals surface area contributed by atoms with Crippen molar-refractivity contribution in [2.24, 2.45) is 0 Å². The van der Waals surface area contributed by atoms with Crippen LogP contribution in [-0.4, -0.2) is 6.04 Å². The van der Waals surface area contributed by atoms with Gasteiger partial charge in [0.15, 0.2) is 0 Å². The molecule has 2 aromatic carbocycles. The van der Waals surface area contributed by atoms with Crippen LogP contribution in [0.2, 0.25) is 0 Å². The minimum atomic E-state index is 0.349. The number of hydrogen-bond donors (Lipinski definition) is 1. The molecule has 0 aliphatic rings. The number of benzene rings is 2. The average molecular weight is 344 g/mol. The molecule has 0 unspecified atom stereocenters. The first-order valence-corrected chi connectivity index (χ1v) is 7.61. The fourth-order valence-corrected chi connectivity index (χ4v) is 2.62. The molecule has 0 aliphatic carbocycles. The van der Waals surface area contributed by atoms with Gasteiger partial charge in [-0.2, -0.15) is 5.26 Å². The maximum Gasteiger partial charge on any atom is 0.100 e. The Morgan fingerprint density at radius 1 is 1.19 bits per heavy atom. The fraction of sp³-hybridized carbons (Fsp3) is 0.235. The van der Waals surface area contributed by atoms with Crippen LogP contribution in [0.15, 0.2) is 46.9 Å². The smallest absolute Gasteiger partial charge is 0.100 e. The molecule has 0 amide bonds. The van der Waals surface area contributed by atoms with Crippen LogP contribution >= 0.6 is 15.9 Å². The molecule has 0 spiro atoms. The van der Waals surface area contributed by atoms with E-state index in [0.717, 1.165) is 22.4 Å². The van der Waals surface area contributed by atoms with Crippen molar-refractivity contribution in [2.45, 2.75) is 26.4 Å². The van der Waals surface area contributed by atoms with E-state index in [1.807, 2.05) is 42.5 Å².